The van der Waals surface area contributed by atoms with Gasteiger partial charge >= 0.3 is 0 Å². The quantitative estimate of drug-likeness (QED) is 0.849. The lowest BCUT2D eigenvalue weighted by Gasteiger charge is -2.22. The van der Waals surface area contributed by atoms with E-state index in [-0.39, 0.29) is 11.3 Å². The third kappa shape index (κ3) is 2.58. The van der Waals surface area contributed by atoms with Gasteiger partial charge < -0.3 is 14.7 Å². The van der Waals surface area contributed by atoms with Crippen LogP contribution in [0.4, 0.5) is 0 Å². The van der Waals surface area contributed by atoms with Crippen LogP contribution in [0.2, 0.25) is 0 Å². The average molecular weight is 232 g/mol. The van der Waals surface area contributed by atoms with Crippen LogP contribution in [0, 0.1) is 0 Å². The van der Waals surface area contributed by atoms with Crippen molar-refractivity contribution in [1.29, 1.82) is 0 Å². The zero-order chi connectivity index (χ0) is 12.3. The maximum Gasteiger partial charge on any atom is 0.267 e. The minimum absolute atomic E-state index is 0.102. The smallest absolute Gasteiger partial charge is 0.267 e. The van der Waals surface area contributed by atoms with Gasteiger partial charge in [-0.1, -0.05) is 13.8 Å². The van der Waals surface area contributed by atoms with Crippen molar-refractivity contribution in [2.75, 3.05) is 6.54 Å². The first-order chi connectivity index (χ1) is 8.09. The molecule has 0 saturated carbocycles. The van der Waals surface area contributed by atoms with E-state index in [2.05, 4.69) is 10.3 Å². The van der Waals surface area contributed by atoms with Gasteiger partial charge in [0.05, 0.1) is 6.26 Å². The minimum atomic E-state index is -0.217. The van der Waals surface area contributed by atoms with Gasteiger partial charge in [0.15, 0.2) is 0 Å². The number of carbonyl (C=O) groups excluding carboxylic acids is 1. The fourth-order valence-corrected chi connectivity index (χ4v) is 1.62. The summed E-state index contributed by atoms with van der Waals surface area (Å²) in [6, 6.07) is 7.31. The Hall–Kier alpha value is -1.97. The Morgan fingerprint density at radius 2 is 2.24 bits per heavy atom. The summed E-state index contributed by atoms with van der Waals surface area (Å²) in [5, 5.41) is 2.88. The van der Waals surface area contributed by atoms with Crippen LogP contribution in [0.3, 0.4) is 0 Å². The van der Waals surface area contributed by atoms with Crippen molar-refractivity contribution >= 4 is 5.91 Å². The average Bonchev–Trinajstić information content (AvgIpc) is 2.97. The lowest BCUT2D eigenvalue weighted by molar-refractivity contribution is 0.0939. The van der Waals surface area contributed by atoms with E-state index in [1.165, 1.54) is 0 Å². The zero-order valence-electron chi connectivity index (χ0n) is 9.99. The molecule has 0 aliphatic rings. The predicted molar refractivity (Wildman–Crippen MR) is 64.9 cm³/mol. The third-order valence-electron chi connectivity index (χ3n) is 2.72. The molecule has 4 heteroatoms. The molecule has 2 aromatic rings. The van der Waals surface area contributed by atoms with E-state index in [9.17, 15) is 4.79 Å². The Morgan fingerprint density at radius 3 is 2.82 bits per heavy atom. The lowest BCUT2D eigenvalue weighted by atomic mass is 9.90. The first kappa shape index (κ1) is 11.5. The molecule has 2 N–H and O–H groups in total. The molecule has 0 fully saturated rings. The first-order valence-electron chi connectivity index (χ1n) is 5.55. The van der Waals surface area contributed by atoms with Gasteiger partial charge in [-0.25, -0.2) is 0 Å². The molecule has 0 spiro atoms. The van der Waals surface area contributed by atoms with E-state index in [0.29, 0.717) is 12.2 Å². The minimum Gasteiger partial charge on any atom is -0.469 e. The summed E-state index contributed by atoms with van der Waals surface area (Å²) >= 11 is 0. The zero-order valence-corrected chi connectivity index (χ0v) is 9.99. The van der Waals surface area contributed by atoms with E-state index >= 15 is 0 Å². The van der Waals surface area contributed by atoms with E-state index in [4.69, 9.17) is 4.42 Å². The second-order valence-electron chi connectivity index (χ2n) is 4.63. The Morgan fingerprint density at radius 1 is 1.41 bits per heavy atom. The molecule has 90 valence electrons. The number of furan rings is 1. The highest BCUT2D eigenvalue weighted by molar-refractivity contribution is 5.92. The van der Waals surface area contributed by atoms with Gasteiger partial charge in [0.1, 0.15) is 11.5 Å². The van der Waals surface area contributed by atoms with E-state index < -0.39 is 0 Å². The molecule has 0 aromatic carbocycles. The number of nitrogens with one attached hydrogen (secondary N) is 2. The molecule has 0 unspecified atom stereocenters. The second-order valence-corrected chi connectivity index (χ2v) is 4.63. The predicted octanol–water partition coefficient (Wildman–Crippen LogP) is 2.32. The monoisotopic (exact) mass is 232 g/mol. The van der Waals surface area contributed by atoms with Crippen molar-refractivity contribution in [3.63, 3.8) is 0 Å². The van der Waals surface area contributed by atoms with Gasteiger partial charge in [-0.2, -0.15) is 0 Å². The number of amides is 1. The first-order valence-corrected chi connectivity index (χ1v) is 5.55. The van der Waals surface area contributed by atoms with E-state index in [1.807, 2.05) is 26.0 Å². The Balaban J connectivity index is 1.96. The molecule has 0 radical (unpaired) electrons. The summed E-state index contributed by atoms with van der Waals surface area (Å²) in [5.41, 5.74) is 0.353. The molecule has 0 saturated heterocycles. The van der Waals surface area contributed by atoms with Crippen LogP contribution >= 0.6 is 0 Å². The van der Waals surface area contributed by atoms with Crippen LogP contribution in [0.25, 0.3) is 0 Å². The molecule has 1 amide bonds. The summed E-state index contributed by atoms with van der Waals surface area (Å²) in [6.07, 6.45) is 3.37. The van der Waals surface area contributed by atoms with Crippen molar-refractivity contribution in [3.8, 4) is 0 Å². The Labute approximate surface area is 100 Å². The topological polar surface area (TPSA) is 58.0 Å². The number of aromatic amines is 1. The van der Waals surface area contributed by atoms with Crippen LogP contribution in [0.5, 0.6) is 0 Å². The second kappa shape index (κ2) is 4.49. The molecule has 4 nitrogen and oxygen atoms in total. The van der Waals surface area contributed by atoms with Gasteiger partial charge in [-0.05, 0) is 24.3 Å². The molecule has 2 aromatic heterocycles. The SMILES string of the molecule is CC(C)(CNC(=O)c1ccc[nH]1)c1ccco1. The largest absolute Gasteiger partial charge is 0.469 e. The summed E-state index contributed by atoms with van der Waals surface area (Å²) < 4.78 is 5.36. The van der Waals surface area contributed by atoms with E-state index in [1.54, 1.807) is 24.6 Å². The molecule has 0 aliphatic heterocycles. The van der Waals surface area contributed by atoms with Crippen LogP contribution < -0.4 is 5.32 Å². The lowest BCUT2D eigenvalue weighted by Crippen LogP contribution is -2.36. The maximum absolute atomic E-state index is 11.7. The number of carbonyl (C=O) groups is 1. The van der Waals surface area contributed by atoms with Gasteiger partial charge in [0.2, 0.25) is 0 Å². The van der Waals surface area contributed by atoms with Crippen molar-refractivity contribution in [2.24, 2.45) is 0 Å². The number of hydrogen-bond donors (Lipinski definition) is 2. The highest BCUT2D eigenvalue weighted by Crippen LogP contribution is 2.22. The molecule has 0 bridgehead atoms. The van der Waals surface area contributed by atoms with Crippen molar-refractivity contribution < 1.29 is 9.21 Å². The van der Waals surface area contributed by atoms with Crippen LogP contribution in [-0.2, 0) is 5.41 Å². The van der Waals surface area contributed by atoms with Gasteiger partial charge in [0, 0.05) is 18.2 Å². The van der Waals surface area contributed by atoms with Crippen molar-refractivity contribution in [1.82, 2.24) is 10.3 Å². The van der Waals surface area contributed by atoms with Crippen molar-refractivity contribution in [3.05, 3.63) is 48.2 Å². The molecular formula is C13H16N2O2. The standard InChI is InChI=1S/C13H16N2O2/c1-13(2,11-6-4-8-17-11)9-15-12(16)10-5-3-7-14-10/h3-8,14H,9H2,1-2H3,(H,15,16). The fraction of sp³-hybridized carbons (Fsp3) is 0.308. The van der Waals surface area contributed by atoms with Crippen molar-refractivity contribution in [2.45, 2.75) is 19.3 Å². The molecule has 2 heterocycles. The van der Waals surface area contributed by atoms with Gasteiger partial charge in [-0.3, -0.25) is 4.79 Å². The van der Waals surface area contributed by atoms with Crippen LogP contribution in [0.1, 0.15) is 30.1 Å². The molecular weight excluding hydrogens is 216 g/mol. The van der Waals surface area contributed by atoms with Gasteiger partial charge in [-0.15, -0.1) is 0 Å². The number of aromatic nitrogens is 1. The summed E-state index contributed by atoms with van der Waals surface area (Å²) in [7, 11) is 0. The Bertz CT molecular complexity index is 470. The summed E-state index contributed by atoms with van der Waals surface area (Å²) in [6.45, 7) is 4.58. The molecule has 17 heavy (non-hydrogen) atoms. The highest BCUT2D eigenvalue weighted by atomic mass is 16.3. The van der Waals surface area contributed by atoms with Crippen LogP contribution in [0.15, 0.2) is 41.1 Å². The number of H-pyrrole nitrogens is 1. The maximum atomic E-state index is 11.7. The molecule has 2 rings (SSSR count). The summed E-state index contributed by atoms with van der Waals surface area (Å²) in [4.78, 5) is 14.6. The van der Waals surface area contributed by atoms with Gasteiger partial charge in [0.25, 0.3) is 5.91 Å². The fourth-order valence-electron chi connectivity index (χ4n) is 1.62. The molecule has 0 aliphatic carbocycles. The molecule has 0 atom stereocenters. The summed E-state index contributed by atoms with van der Waals surface area (Å²) in [5.74, 6) is 0.763. The number of rotatable bonds is 4. The highest BCUT2D eigenvalue weighted by Gasteiger charge is 2.24. The number of hydrogen-bond acceptors (Lipinski definition) is 2. The van der Waals surface area contributed by atoms with E-state index in [0.717, 1.165) is 5.76 Å². The van der Waals surface area contributed by atoms with Crippen LogP contribution in [-0.4, -0.2) is 17.4 Å². The normalized spacial score (nSPS) is 11.4. The third-order valence-corrected chi connectivity index (χ3v) is 2.72. The Kier molecular flexibility index (Phi) is 3.04.